The minimum absolute atomic E-state index is 0.238. The molecule has 5 heteroatoms. The number of thiazole rings is 1. The van der Waals surface area contributed by atoms with Gasteiger partial charge in [-0.15, -0.1) is 11.3 Å². The quantitative estimate of drug-likeness (QED) is 0.787. The number of carbonyl (C=O) groups excluding carboxylic acids is 1. The molecule has 1 aliphatic heterocycles. The lowest BCUT2D eigenvalue weighted by Crippen LogP contribution is -2.39. The molecule has 0 unspecified atom stereocenters. The smallest absolute Gasteiger partial charge is 0.410 e. The van der Waals surface area contributed by atoms with Crippen molar-refractivity contribution in [3.63, 3.8) is 0 Å². The van der Waals surface area contributed by atoms with Crippen molar-refractivity contribution in [2.45, 2.75) is 32.8 Å². The number of amides is 1. The van der Waals surface area contributed by atoms with E-state index in [1.807, 2.05) is 26.3 Å². The molecule has 1 aromatic carbocycles. The maximum Gasteiger partial charge on any atom is 0.410 e. The Morgan fingerprint density at radius 2 is 2.18 bits per heavy atom. The van der Waals surface area contributed by atoms with E-state index in [1.165, 1.54) is 15.8 Å². The van der Waals surface area contributed by atoms with E-state index in [2.05, 4.69) is 29.3 Å². The van der Waals surface area contributed by atoms with Gasteiger partial charge < -0.3 is 9.64 Å². The topological polar surface area (TPSA) is 42.4 Å². The Morgan fingerprint density at radius 3 is 2.86 bits per heavy atom. The molecule has 1 amide bonds. The molecule has 1 aliphatic rings. The van der Waals surface area contributed by atoms with Crippen LogP contribution in [0.2, 0.25) is 0 Å². The van der Waals surface area contributed by atoms with Crippen LogP contribution in [-0.2, 0) is 4.74 Å². The molecule has 0 N–H and O–H groups in total. The first-order chi connectivity index (χ1) is 10.4. The summed E-state index contributed by atoms with van der Waals surface area (Å²) in [6.45, 7) is 6.95. The zero-order valence-electron chi connectivity index (χ0n) is 13.1. The lowest BCUT2D eigenvalue weighted by molar-refractivity contribution is 0.0270. The third-order valence-corrected chi connectivity index (χ3v) is 4.37. The van der Waals surface area contributed by atoms with Crippen molar-refractivity contribution in [2.75, 3.05) is 13.1 Å². The molecule has 2 heterocycles. The molecule has 1 aromatic heterocycles. The first kappa shape index (κ1) is 15.0. The normalized spacial score (nSPS) is 15.8. The average Bonchev–Trinajstić information content (AvgIpc) is 2.93. The van der Waals surface area contributed by atoms with E-state index in [-0.39, 0.29) is 6.09 Å². The lowest BCUT2D eigenvalue weighted by Gasteiger charge is -2.29. The van der Waals surface area contributed by atoms with Crippen LogP contribution in [0.1, 0.15) is 32.8 Å². The second kappa shape index (κ2) is 5.72. The summed E-state index contributed by atoms with van der Waals surface area (Å²) in [6, 6.07) is 6.37. The van der Waals surface area contributed by atoms with Gasteiger partial charge >= 0.3 is 6.09 Å². The summed E-state index contributed by atoms with van der Waals surface area (Å²) in [7, 11) is 0. The number of fused-ring (bicyclic) bond motifs is 1. The number of hydrogen-bond donors (Lipinski definition) is 0. The van der Waals surface area contributed by atoms with Crippen LogP contribution in [0.25, 0.3) is 15.8 Å². The van der Waals surface area contributed by atoms with Crippen molar-refractivity contribution in [3.05, 3.63) is 35.3 Å². The Morgan fingerprint density at radius 1 is 1.36 bits per heavy atom. The van der Waals surface area contributed by atoms with Crippen molar-refractivity contribution in [3.8, 4) is 0 Å². The van der Waals surface area contributed by atoms with E-state index in [9.17, 15) is 4.79 Å². The Bertz CT molecular complexity index is 728. The molecular weight excluding hydrogens is 296 g/mol. The molecule has 0 atom stereocenters. The van der Waals surface area contributed by atoms with E-state index >= 15 is 0 Å². The predicted octanol–water partition coefficient (Wildman–Crippen LogP) is 4.32. The van der Waals surface area contributed by atoms with Gasteiger partial charge in [-0.25, -0.2) is 9.78 Å². The molecule has 2 aromatic rings. The van der Waals surface area contributed by atoms with E-state index in [0.717, 1.165) is 11.9 Å². The fourth-order valence-electron chi connectivity index (χ4n) is 2.48. The molecule has 0 bridgehead atoms. The van der Waals surface area contributed by atoms with E-state index < -0.39 is 5.60 Å². The summed E-state index contributed by atoms with van der Waals surface area (Å²) >= 11 is 1.65. The molecule has 0 spiro atoms. The number of rotatable bonds is 1. The molecule has 0 radical (unpaired) electrons. The van der Waals surface area contributed by atoms with Crippen molar-refractivity contribution >= 4 is 33.2 Å². The third kappa shape index (κ3) is 3.30. The molecule has 0 aliphatic carbocycles. The van der Waals surface area contributed by atoms with Crippen LogP contribution >= 0.6 is 11.3 Å². The average molecular weight is 316 g/mol. The predicted molar refractivity (Wildman–Crippen MR) is 90.0 cm³/mol. The Labute approximate surface area is 134 Å². The van der Waals surface area contributed by atoms with E-state index in [0.29, 0.717) is 13.1 Å². The summed E-state index contributed by atoms with van der Waals surface area (Å²) < 4.78 is 6.62. The fraction of sp³-hybridized carbons (Fsp3) is 0.412. The van der Waals surface area contributed by atoms with Gasteiger partial charge in [0.2, 0.25) is 0 Å². The molecule has 0 saturated carbocycles. The molecule has 0 saturated heterocycles. The molecular formula is C17H20N2O2S. The van der Waals surface area contributed by atoms with Gasteiger partial charge in [-0.3, -0.25) is 0 Å². The Hall–Kier alpha value is -1.88. The van der Waals surface area contributed by atoms with Gasteiger partial charge in [-0.2, -0.15) is 0 Å². The van der Waals surface area contributed by atoms with E-state index in [1.54, 1.807) is 16.2 Å². The third-order valence-electron chi connectivity index (χ3n) is 3.56. The van der Waals surface area contributed by atoms with Crippen LogP contribution in [-0.4, -0.2) is 34.7 Å². The van der Waals surface area contributed by atoms with Crippen LogP contribution in [0.4, 0.5) is 4.79 Å². The Kier molecular flexibility index (Phi) is 3.91. The number of aromatic nitrogens is 1. The highest BCUT2D eigenvalue weighted by Crippen LogP contribution is 2.27. The van der Waals surface area contributed by atoms with Crippen LogP contribution in [0.3, 0.4) is 0 Å². The maximum absolute atomic E-state index is 12.1. The molecule has 0 fully saturated rings. The highest BCUT2D eigenvalue weighted by Gasteiger charge is 2.23. The SMILES string of the molecule is CC(C)(C)OC(=O)N1CC=C(c2ccc3scnc3c2)CC1. The van der Waals surface area contributed by atoms with Crippen LogP contribution in [0, 0.1) is 0 Å². The van der Waals surface area contributed by atoms with Crippen molar-refractivity contribution in [1.29, 1.82) is 0 Å². The van der Waals surface area contributed by atoms with Gasteiger partial charge in [0, 0.05) is 13.1 Å². The summed E-state index contributed by atoms with van der Waals surface area (Å²) in [5.74, 6) is 0. The molecule has 22 heavy (non-hydrogen) atoms. The van der Waals surface area contributed by atoms with Crippen molar-refractivity contribution in [1.82, 2.24) is 9.88 Å². The van der Waals surface area contributed by atoms with Gasteiger partial charge in [-0.1, -0.05) is 12.1 Å². The van der Waals surface area contributed by atoms with Crippen LogP contribution < -0.4 is 0 Å². The van der Waals surface area contributed by atoms with Crippen molar-refractivity contribution < 1.29 is 9.53 Å². The largest absolute Gasteiger partial charge is 0.444 e. The van der Waals surface area contributed by atoms with Gasteiger partial charge in [0.15, 0.2) is 0 Å². The van der Waals surface area contributed by atoms with Gasteiger partial charge in [-0.05, 0) is 50.5 Å². The number of benzene rings is 1. The Balaban J connectivity index is 1.72. The van der Waals surface area contributed by atoms with Crippen LogP contribution in [0.5, 0.6) is 0 Å². The summed E-state index contributed by atoms with van der Waals surface area (Å²) in [4.78, 5) is 18.2. The minimum Gasteiger partial charge on any atom is -0.444 e. The maximum atomic E-state index is 12.1. The summed E-state index contributed by atoms with van der Waals surface area (Å²) in [5, 5.41) is 0. The number of nitrogens with zero attached hydrogens (tertiary/aromatic N) is 2. The minimum atomic E-state index is -0.448. The number of hydrogen-bond acceptors (Lipinski definition) is 4. The number of carbonyl (C=O) groups is 1. The van der Waals surface area contributed by atoms with Gasteiger partial charge in [0.05, 0.1) is 15.7 Å². The monoisotopic (exact) mass is 316 g/mol. The summed E-state index contributed by atoms with van der Waals surface area (Å²) in [5.41, 5.74) is 4.93. The van der Waals surface area contributed by atoms with Crippen LogP contribution in [0.15, 0.2) is 29.8 Å². The molecule has 116 valence electrons. The fourth-order valence-corrected chi connectivity index (χ4v) is 3.14. The van der Waals surface area contributed by atoms with Gasteiger partial charge in [0.25, 0.3) is 0 Å². The van der Waals surface area contributed by atoms with E-state index in [4.69, 9.17) is 4.74 Å². The molecule has 3 rings (SSSR count). The molecule has 4 nitrogen and oxygen atoms in total. The lowest BCUT2D eigenvalue weighted by atomic mass is 9.99. The van der Waals surface area contributed by atoms with Crippen molar-refractivity contribution in [2.24, 2.45) is 0 Å². The standard InChI is InChI=1S/C17H20N2O2S/c1-17(2,3)21-16(20)19-8-6-12(7-9-19)13-4-5-15-14(10-13)18-11-22-15/h4-6,10-11H,7-9H2,1-3H3. The first-order valence-corrected chi connectivity index (χ1v) is 8.31. The van der Waals surface area contributed by atoms with Gasteiger partial charge in [0.1, 0.15) is 5.60 Å². The first-order valence-electron chi connectivity index (χ1n) is 7.43. The second-order valence-corrected chi connectivity index (χ2v) is 7.33. The highest BCUT2D eigenvalue weighted by atomic mass is 32.1. The summed E-state index contributed by atoms with van der Waals surface area (Å²) in [6.07, 6.45) is 2.72. The second-order valence-electron chi connectivity index (χ2n) is 6.44. The highest BCUT2D eigenvalue weighted by molar-refractivity contribution is 7.16. The zero-order valence-corrected chi connectivity index (χ0v) is 13.9. The number of ether oxygens (including phenoxy) is 1. The zero-order chi connectivity index (χ0) is 15.7.